The van der Waals surface area contributed by atoms with Crippen molar-refractivity contribution in [2.24, 2.45) is 0 Å². The molecule has 3 rings (SSSR count). The van der Waals surface area contributed by atoms with E-state index in [1.54, 1.807) is 30.0 Å². The largest absolute Gasteiger partial charge is 0.336 e. The van der Waals surface area contributed by atoms with Crippen molar-refractivity contribution in [3.8, 4) is 5.69 Å². The number of aromatic nitrogens is 2. The van der Waals surface area contributed by atoms with Gasteiger partial charge in [-0.1, -0.05) is 12.1 Å². The first-order valence-electron chi connectivity index (χ1n) is 8.31. The van der Waals surface area contributed by atoms with Gasteiger partial charge < -0.3 is 9.80 Å². The number of para-hydroxylation sites is 1. The average Bonchev–Trinajstić information content (AvgIpc) is 2.80. The zero-order valence-corrected chi connectivity index (χ0v) is 14.4. The molecular weight excluding hydrogens is 323 g/mol. The van der Waals surface area contributed by atoms with E-state index in [9.17, 15) is 14.0 Å². The summed E-state index contributed by atoms with van der Waals surface area (Å²) in [5, 5.41) is 4.19. The molecule has 0 saturated carbocycles. The van der Waals surface area contributed by atoms with Gasteiger partial charge in [-0.15, -0.1) is 0 Å². The molecular formula is C18H21FN4O2. The fraction of sp³-hybridized carbons (Fsp3) is 0.389. The molecule has 25 heavy (non-hydrogen) atoms. The van der Waals surface area contributed by atoms with Gasteiger partial charge in [0.05, 0.1) is 0 Å². The van der Waals surface area contributed by atoms with E-state index in [1.165, 1.54) is 16.8 Å². The van der Waals surface area contributed by atoms with E-state index in [4.69, 9.17) is 0 Å². The summed E-state index contributed by atoms with van der Waals surface area (Å²) in [7, 11) is 2.00. The summed E-state index contributed by atoms with van der Waals surface area (Å²) in [6, 6.07) is 7.48. The van der Waals surface area contributed by atoms with Crippen molar-refractivity contribution in [1.29, 1.82) is 0 Å². The highest BCUT2D eigenvalue weighted by atomic mass is 19.1. The molecule has 1 aliphatic rings. The van der Waals surface area contributed by atoms with Gasteiger partial charge in [0.2, 0.25) is 5.43 Å². The zero-order valence-electron chi connectivity index (χ0n) is 14.4. The quantitative estimate of drug-likeness (QED) is 0.828. The van der Waals surface area contributed by atoms with Gasteiger partial charge in [-0.25, -0.2) is 9.07 Å². The molecule has 0 radical (unpaired) electrons. The number of amides is 1. The van der Waals surface area contributed by atoms with E-state index < -0.39 is 17.2 Å². The van der Waals surface area contributed by atoms with Crippen molar-refractivity contribution < 1.29 is 9.18 Å². The Kier molecular flexibility index (Phi) is 4.94. The lowest BCUT2D eigenvalue weighted by molar-refractivity contribution is 0.0753. The maximum Gasteiger partial charge on any atom is 0.278 e. The summed E-state index contributed by atoms with van der Waals surface area (Å²) >= 11 is 0. The van der Waals surface area contributed by atoms with Gasteiger partial charge >= 0.3 is 0 Å². The van der Waals surface area contributed by atoms with Crippen LogP contribution in [0.1, 0.15) is 22.6 Å². The predicted octanol–water partition coefficient (Wildman–Crippen LogP) is 1.46. The number of benzene rings is 1. The third-order valence-electron chi connectivity index (χ3n) is 4.40. The van der Waals surface area contributed by atoms with Crippen LogP contribution >= 0.6 is 0 Å². The summed E-state index contributed by atoms with van der Waals surface area (Å²) in [5.41, 5.74) is 0.0815. The van der Waals surface area contributed by atoms with Gasteiger partial charge in [-0.3, -0.25) is 9.59 Å². The first-order chi connectivity index (χ1) is 12.0. The Morgan fingerprint density at radius 2 is 1.92 bits per heavy atom. The van der Waals surface area contributed by atoms with Crippen LogP contribution in [0.25, 0.3) is 5.69 Å². The van der Waals surface area contributed by atoms with Gasteiger partial charge in [0.15, 0.2) is 5.69 Å². The normalized spacial score (nSPS) is 15.9. The third kappa shape index (κ3) is 3.61. The number of carbonyl (C=O) groups is 1. The Morgan fingerprint density at radius 3 is 2.68 bits per heavy atom. The Bertz CT molecular complexity index is 849. The fourth-order valence-corrected chi connectivity index (χ4v) is 2.96. The summed E-state index contributed by atoms with van der Waals surface area (Å²) in [5.74, 6) is -0.859. The molecule has 1 aliphatic heterocycles. The molecule has 1 fully saturated rings. The summed E-state index contributed by atoms with van der Waals surface area (Å²) < 4.78 is 15.4. The Hall–Kier alpha value is -2.54. The maximum atomic E-state index is 14.1. The number of nitrogens with zero attached hydrogens (tertiary/aromatic N) is 4. The minimum atomic E-state index is -0.462. The number of aryl methyl sites for hydroxylation is 1. The number of hydrogen-bond acceptors (Lipinski definition) is 4. The monoisotopic (exact) mass is 344 g/mol. The maximum absolute atomic E-state index is 14.1. The van der Waals surface area contributed by atoms with Gasteiger partial charge in [-0.2, -0.15) is 5.10 Å². The number of hydrogen-bond donors (Lipinski definition) is 0. The number of halogens is 1. The standard InChI is InChI=1S/C18H21FN4O2/c1-13-12-16(24)17(18(25)22-9-5-8-21(2)10-11-22)20-23(13)15-7-4-3-6-14(15)19/h3-4,6-7,12H,5,8-11H2,1-2H3. The van der Waals surface area contributed by atoms with Crippen LogP contribution < -0.4 is 5.43 Å². The molecule has 7 heteroatoms. The second-order valence-electron chi connectivity index (χ2n) is 6.31. The smallest absolute Gasteiger partial charge is 0.278 e. The van der Waals surface area contributed by atoms with Gasteiger partial charge in [-0.05, 0) is 39.1 Å². The average molecular weight is 344 g/mol. The van der Waals surface area contributed by atoms with Crippen LogP contribution in [0.3, 0.4) is 0 Å². The van der Waals surface area contributed by atoms with Crippen molar-refractivity contribution >= 4 is 5.91 Å². The van der Waals surface area contributed by atoms with Crippen LogP contribution in [-0.2, 0) is 0 Å². The van der Waals surface area contributed by atoms with Crippen LogP contribution in [0, 0.1) is 12.7 Å². The first-order valence-corrected chi connectivity index (χ1v) is 8.31. The Morgan fingerprint density at radius 1 is 1.16 bits per heavy atom. The lowest BCUT2D eigenvalue weighted by atomic mass is 10.2. The molecule has 132 valence electrons. The van der Waals surface area contributed by atoms with Gasteiger partial charge in [0, 0.05) is 31.4 Å². The zero-order chi connectivity index (χ0) is 18.0. The van der Waals surface area contributed by atoms with E-state index in [-0.39, 0.29) is 11.4 Å². The molecule has 1 aromatic heterocycles. The molecule has 1 aromatic carbocycles. The van der Waals surface area contributed by atoms with Crippen LogP contribution in [0.15, 0.2) is 35.1 Å². The predicted molar refractivity (Wildman–Crippen MR) is 92.5 cm³/mol. The minimum absolute atomic E-state index is 0.168. The van der Waals surface area contributed by atoms with Gasteiger partial charge in [0.1, 0.15) is 11.5 Å². The minimum Gasteiger partial charge on any atom is -0.336 e. The molecule has 0 unspecified atom stereocenters. The molecule has 2 heterocycles. The van der Waals surface area contributed by atoms with Crippen molar-refractivity contribution in [1.82, 2.24) is 19.6 Å². The lowest BCUT2D eigenvalue weighted by Gasteiger charge is -2.20. The summed E-state index contributed by atoms with van der Waals surface area (Å²) in [6.07, 6.45) is 0.843. The second kappa shape index (κ2) is 7.14. The molecule has 0 aliphatic carbocycles. The summed E-state index contributed by atoms with van der Waals surface area (Å²) in [6.45, 7) is 4.45. The van der Waals surface area contributed by atoms with Crippen LogP contribution in [-0.4, -0.2) is 58.7 Å². The van der Waals surface area contributed by atoms with Crippen molar-refractivity contribution in [2.45, 2.75) is 13.3 Å². The molecule has 0 bridgehead atoms. The molecule has 2 aromatic rings. The van der Waals surface area contributed by atoms with E-state index in [0.717, 1.165) is 19.5 Å². The molecule has 1 amide bonds. The Labute approximate surface area is 145 Å². The SMILES string of the molecule is Cc1cc(=O)c(C(=O)N2CCCN(C)CC2)nn1-c1ccccc1F. The Balaban J connectivity index is 1.99. The van der Waals surface area contributed by atoms with Crippen LogP contribution in [0.2, 0.25) is 0 Å². The van der Waals surface area contributed by atoms with Crippen LogP contribution in [0.5, 0.6) is 0 Å². The summed E-state index contributed by atoms with van der Waals surface area (Å²) in [4.78, 5) is 28.9. The number of likely N-dealkylation sites (N-methyl/N-ethyl adjacent to an activating group) is 1. The second-order valence-corrected chi connectivity index (χ2v) is 6.31. The number of carbonyl (C=O) groups excluding carboxylic acids is 1. The van der Waals surface area contributed by atoms with E-state index >= 15 is 0 Å². The lowest BCUT2D eigenvalue weighted by Crippen LogP contribution is -2.38. The first kappa shape index (κ1) is 17.3. The molecule has 0 N–H and O–H groups in total. The fourth-order valence-electron chi connectivity index (χ4n) is 2.96. The van der Waals surface area contributed by atoms with E-state index in [1.807, 2.05) is 7.05 Å². The highest BCUT2D eigenvalue weighted by Crippen LogP contribution is 2.14. The highest BCUT2D eigenvalue weighted by molar-refractivity contribution is 5.92. The van der Waals surface area contributed by atoms with Gasteiger partial charge in [0.25, 0.3) is 5.91 Å². The van der Waals surface area contributed by atoms with Crippen molar-refractivity contribution in [2.75, 3.05) is 33.2 Å². The van der Waals surface area contributed by atoms with E-state index in [0.29, 0.717) is 18.8 Å². The molecule has 0 atom stereocenters. The third-order valence-corrected chi connectivity index (χ3v) is 4.40. The van der Waals surface area contributed by atoms with Crippen molar-refractivity contribution in [3.05, 3.63) is 57.8 Å². The number of rotatable bonds is 2. The molecule has 0 spiro atoms. The molecule has 1 saturated heterocycles. The van der Waals surface area contributed by atoms with Crippen molar-refractivity contribution in [3.63, 3.8) is 0 Å². The highest BCUT2D eigenvalue weighted by Gasteiger charge is 2.23. The van der Waals surface area contributed by atoms with Crippen LogP contribution in [0.4, 0.5) is 4.39 Å². The topological polar surface area (TPSA) is 58.4 Å². The molecule has 6 nitrogen and oxygen atoms in total. The van der Waals surface area contributed by atoms with E-state index in [2.05, 4.69) is 10.00 Å².